The molecule has 3 rings (SSSR count). The highest BCUT2D eigenvalue weighted by Crippen LogP contribution is 2.34. The fourth-order valence-electron chi connectivity index (χ4n) is 2.58. The summed E-state index contributed by atoms with van der Waals surface area (Å²) in [4.78, 5) is 13.6. The number of thioether (sulfide) groups is 1. The Kier molecular flexibility index (Phi) is 4.91. The molecule has 0 spiro atoms. The summed E-state index contributed by atoms with van der Waals surface area (Å²) < 4.78 is 31.1. The molecule has 0 saturated carbocycles. The Balaban J connectivity index is 1.84. The van der Waals surface area contributed by atoms with E-state index in [2.05, 4.69) is 5.32 Å². The van der Waals surface area contributed by atoms with Gasteiger partial charge in [-0.15, -0.1) is 11.8 Å². The Bertz CT molecular complexity index is 899. The van der Waals surface area contributed by atoms with Gasteiger partial charge in [-0.2, -0.15) is 0 Å². The number of benzene rings is 2. The van der Waals surface area contributed by atoms with Crippen molar-refractivity contribution in [2.45, 2.75) is 11.0 Å². The SMILES string of the molecule is CSc1cccc(NC(=O)C2CN(S(C)(=O)=O)c3ccccc3O2)c1. The summed E-state index contributed by atoms with van der Waals surface area (Å²) in [5, 5.41) is 2.79. The molecule has 2 aromatic rings. The minimum atomic E-state index is -3.52. The Morgan fingerprint density at radius 1 is 1.24 bits per heavy atom. The molecule has 0 radical (unpaired) electrons. The normalized spacial score (nSPS) is 16.7. The standard InChI is InChI=1S/C17H18N2O4S2/c1-24-13-7-5-6-12(10-13)18-17(20)16-11-19(25(2,21)22)14-8-3-4-9-15(14)23-16/h3-10,16H,11H2,1-2H3,(H,18,20). The molecule has 0 saturated heterocycles. The minimum absolute atomic E-state index is 0.0656. The van der Waals surface area contributed by atoms with Gasteiger partial charge >= 0.3 is 0 Å². The number of rotatable bonds is 4. The quantitative estimate of drug-likeness (QED) is 0.828. The molecular formula is C17H18N2O4S2. The Hall–Kier alpha value is -2.19. The second-order valence-electron chi connectivity index (χ2n) is 5.59. The number of fused-ring (bicyclic) bond motifs is 1. The van der Waals surface area contributed by atoms with E-state index >= 15 is 0 Å². The van der Waals surface area contributed by atoms with Gasteiger partial charge in [-0.1, -0.05) is 18.2 Å². The maximum Gasteiger partial charge on any atom is 0.267 e. The molecule has 1 heterocycles. The number of carbonyl (C=O) groups excluding carboxylic acids is 1. The first-order valence-electron chi connectivity index (χ1n) is 7.57. The van der Waals surface area contributed by atoms with Crippen molar-refractivity contribution in [3.8, 4) is 5.75 Å². The average Bonchev–Trinajstić information content (AvgIpc) is 2.60. The summed E-state index contributed by atoms with van der Waals surface area (Å²) in [6.45, 7) is -0.0656. The lowest BCUT2D eigenvalue weighted by molar-refractivity contribution is -0.122. The van der Waals surface area contributed by atoms with Gasteiger partial charge < -0.3 is 10.1 Å². The van der Waals surface area contributed by atoms with Gasteiger partial charge in [-0.05, 0) is 36.6 Å². The lowest BCUT2D eigenvalue weighted by Crippen LogP contribution is -2.48. The maximum absolute atomic E-state index is 12.6. The molecule has 0 bridgehead atoms. The fourth-order valence-corrected chi connectivity index (χ4v) is 3.95. The summed E-state index contributed by atoms with van der Waals surface area (Å²) >= 11 is 1.57. The van der Waals surface area contributed by atoms with Gasteiger partial charge in [0.1, 0.15) is 5.75 Å². The predicted molar refractivity (Wildman–Crippen MR) is 99.9 cm³/mol. The highest BCUT2D eigenvalue weighted by Gasteiger charge is 2.34. The molecule has 1 aliphatic heterocycles. The van der Waals surface area contributed by atoms with Gasteiger partial charge in [0.2, 0.25) is 10.0 Å². The number of para-hydroxylation sites is 2. The largest absolute Gasteiger partial charge is 0.476 e. The van der Waals surface area contributed by atoms with E-state index in [0.717, 1.165) is 11.2 Å². The van der Waals surface area contributed by atoms with Crippen LogP contribution >= 0.6 is 11.8 Å². The van der Waals surface area contributed by atoms with Gasteiger partial charge in [-0.25, -0.2) is 8.42 Å². The lowest BCUT2D eigenvalue weighted by Gasteiger charge is -2.33. The minimum Gasteiger partial charge on any atom is -0.476 e. The van der Waals surface area contributed by atoms with Crippen LogP contribution in [0.25, 0.3) is 0 Å². The molecule has 6 nitrogen and oxygen atoms in total. The van der Waals surface area contributed by atoms with Crippen LogP contribution in [0.1, 0.15) is 0 Å². The van der Waals surface area contributed by atoms with Crippen LogP contribution in [-0.4, -0.2) is 39.5 Å². The molecule has 2 aromatic carbocycles. The zero-order chi connectivity index (χ0) is 18.0. The third kappa shape index (κ3) is 3.91. The summed E-state index contributed by atoms with van der Waals surface area (Å²) in [7, 11) is -3.52. The number of hydrogen-bond donors (Lipinski definition) is 1. The second kappa shape index (κ2) is 6.97. The summed E-state index contributed by atoms with van der Waals surface area (Å²) in [5.41, 5.74) is 1.09. The van der Waals surface area contributed by atoms with Gasteiger partial charge in [0.15, 0.2) is 6.10 Å². The smallest absolute Gasteiger partial charge is 0.267 e. The highest BCUT2D eigenvalue weighted by molar-refractivity contribution is 7.98. The summed E-state index contributed by atoms with van der Waals surface area (Å²) in [6.07, 6.45) is 2.14. The molecule has 1 atom stereocenters. The number of ether oxygens (including phenoxy) is 1. The molecule has 1 unspecified atom stereocenters. The molecular weight excluding hydrogens is 360 g/mol. The van der Waals surface area contributed by atoms with Crippen LogP contribution in [0.2, 0.25) is 0 Å². The lowest BCUT2D eigenvalue weighted by atomic mass is 10.2. The van der Waals surface area contributed by atoms with Crippen LogP contribution in [-0.2, 0) is 14.8 Å². The second-order valence-corrected chi connectivity index (χ2v) is 8.38. The van der Waals surface area contributed by atoms with Gasteiger partial charge in [0, 0.05) is 10.6 Å². The number of sulfonamides is 1. The summed E-state index contributed by atoms with van der Waals surface area (Å²) in [5.74, 6) is -0.0152. The third-order valence-corrected chi connectivity index (χ3v) is 5.64. The highest BCUT2D eigenvalue weighted by atomic mass is 32.2. The van der Waals surface area contributed by atoms with Crippen molar-refractivity contribution in [2.75, 3.05) is 28.7 Å². The summed E-state index contributed by atoms with van der Waals surface area (Å²) in [6, 6.07) is 14.2. The van der Waals surface area contributed by atoms with Crippen LogP contribution in [0.4, 0.5) is 11.4 Å². The van der Waals surface area contributed by atoms with Gasteiger partial charge in [0.25, 0.3) is 5.91 Å². The number of anilines is 2. The first kappa shape index (κ1) is 17.6. The van der Waals surface area contributed by atoms with Crippen LogP contribution in [0.5, 0.6) is 5.75 Å². The van der Waals surface area contributed by atoms with E-state index < -0.39 is 16.1 Å². The van der Waals surface area contributed by atoms with Crippen molar-refractivity contribution in [1.29, 1.82) is 0 Å². The first-order chi connectivity index (χ1) is 11.9. The average molecular weight is 378 g/mol. The third-order valence-electron chi connectivity index (χ3n) is 3.76. The molecule has 25 heavy (non-hydrogen) atoms. The van der Waals surface area contributed by atoms with Crippen molar-refractivity contribution in [3.05, 3.63) is 48.5 Å². The molecule has 8 heteroatoms. The number of nitrogens with zero attached hydrogens (tertiary/aromatic N) is 1. The van der Waals surface area contributed by atoms with Gasteiger partial charge in [-0.3, -0.25) is 9.10 Å². The number of amides is 1. The fraction of sp³-hybridized carbons (Fsp3) is 0.235. The Morgan fingerprint density at radius 3 is 2.72 bits per heavy atom. The van der Waals surface area contributed by atoms with Crippen LogP contribution < -0.4 is 14.4 Å². The van der Waals surface area contributed by atoms with Crippen molar-refractivity contribution in [3.63, 3.8) is 0 Å². The molecule has 1 aliphatic rings. The molecule has 0 aliphatic carbocycles. The van der Waals surface area contributed by atoms with Crippen LogP contribution in [0, 0.1) is 0 Å². The van der Waals surface area contributed by atoms with E-state index in [0.29, 0.717) is 17.1 Å². The van der Waals surface area contributed by atoms with Crippen molar-refractivity contribution >= 4 is 39.1 Å². The van der Waals surface area contributed by atoms with E-state index in [4.69, 9.17) is 4.74 Å². The van der Waals surface area contributed by atoms with E-state index in [1.807, 2.05) is 24.5 Å². The molecule has 0 aromatic heterocycles. The van der Waals surface area contributed by atoms with E-state index in [1.165, 1.54) is 4.31 Å². The Morgan fingerprint density at radius 2 is 2.00 bits per heavy atom. The topological polar surface area (TPSA) is 75.7 Å². The molecule has 0 fully saturated rings. The van der Waals surface area contributed by atoms with Crippen molar-refractivity contribution in [1.82, 2.24) is 0 Å². The number of carbonyl (C=O) groups is 1. The first-order valence-corrected chi connectivity index (χ1v) is 10.6. The molecule has 132 valence electrons. The van der Waals surface area contributed by atoms with Crippen LogP contribution in [0.3, 0.4) is 0 Å². The van der Waals surface area contributed by atoms with E-state index in [1.54, 1.807) is 42.1 Å². The van der Waals surface area contributed by atoms with E-state index in [9.17, 15) is 13.2 Å². The monoisotopic (exact) mass is 378 g/mol. The molecule has 1 N–H and O–H groups in total. The van der Waals surface area contributed by atoms with Gasteiger partial charge in [0.05, 0.1) is 18.5 Å². The van der Waals surface area contributed by atoms with Crippen molar-refractivity contribution < 1.29 is 17.9 Å². The zero-order valence-corrected chi connectivity index (χ0v) is 15.4. The number of hydrogen-bond acceptors (Lipinski definition) is 5. The molecule has 1 amide bonds. The number of nitrogens with one attached hydrogen (secondary N) is 1. The van der Waals surface area contributed by atoms with Crippen molar-refractivity contribution in [2.24, 2.45) is 0 Å². The zero-order valence-electron chi connectivity index (χ0n) is 13.8. The van der Waals surface area contributed by atoms with Crippen LogP contribution in [0.15, 0.2) is 53.4 Å². The maximum atomic E-state index is 12.6. The van der Waals surface area contributed by atoms with E-state index in [-0.39, 0.29) is 12.5 Å². The Labute approximate surface area is 151 Å². The predicted octanol–water partition coefficient (Wildman–Crippen LogP) is 2.57.